The smallest absolute Gasteiger partial charge is 0.220 e. The van der Waals surface area contributed by atoms with Gasteiger partial charge in [-0.3, -0.25) is 4.79 Å². The number of carbonyl (C=O) groups excluding carboxylic acids is 1. The third-order valence-electron chi connectivity index (χ3n) is 5.51. The van der Waals surface area contributed by atoms with Gasteiger partial charge in [-0.25, -0.2) is 0 Å². The van der Waals surface area contributed by atoms with E-state index in [2.05, 4.69) is 17.4 Å². The van der Waals surface area contributed by atoms with Gasteiger partial charge in [0.25, 0.3) is 0 Å². The van der Waals surface area contributed by atoms with Gasteiger partial charge in [-0.05, 0) is 81.3 Å². The van der Waals surface area contributed by atoms with Crippen molar-refractivity contribution in [2.24, 2.45) is 0 Å². The quantitative estimate of drug-likeness (QED) is 0.582. The van der Waals surface area contributed by atoms with Crippen LogP contribution >= 0.6 is 0 Å². The van der Waals surface area contributed by atoms with E-state index >= 15 is 0 Å². The molecule has 3 rings (SSSR count). The van der Waals surface area contributed by atoms with E-state index in [1.54, 1.807) is 7.11 Å². The molecule has 5 heteroatoms. The highest BCUT2D eigenvalue weighted by molar-refractivity contribution is 5.76. The van der Waals surface area contributed by atoms with E-state index in [4.69, 9.17) is 14.2 Å². The molecule has 2 aromatic carbocycles. The molecule has 1 amide bonds. The molecule has 1 unspecified atom stereocenters. The van der Waals surface area contributed by atoms with Crippen LogP contribution in [0.4, 0.5) is 0 Å². The molecule has 1 saturated carbocycles. The van der Waals surface area contributed by atoms with Gasteiger partial charge in [0.15, 0.2) is 11.5 Å². The molecular formula is C25H33NO4. The first-order chi connectivity index (χ1) is 14.6. The Morgan fingerprint density at radius 1 is 1.13 bits per heavy atom. The maximum absolute atomic E-state index is 12.5. The molecule has 0 spiro atoms. The lowest BCUT2D eigenvalue weighted by Gasteiger charge is -2.17. The highest BCUT2D eigenvalue weighted by Crippen LogP contribution is 2.30. The van der Waals surface area contributed by atoms with E-state index in [-0.39, 0.29) is 11.9 Å². The Labute approximate surface area is 179 Å². The Balaban J connectivity index is 1.51. The number of ether oxygens (including phenoxy) is 3. The van der Waals surface area contributed by atoms with Crippen molar-refractivity contribution in [1.29, 1.82) is 0 Å². The Bertz CT molecular complexity index is 830. The fourth-order valence-corrected chi connectivity index (χ4v) is 3.86. The first-order valence-corrected chi connectivity index (χ1v) is 10.9. The number of hydrogen-bond donors (Lipinski definition) is 1. The van der Waals surface area contributed by atoms with Gasteiger partial charge in [0, 0.05) is 6.42 Å². The molecular weight excluding hydrogens is 378 g/mol. The molecule has 0 heterocycles. The van der Waals surface area contributed by atoms with Crippen LogP contribution in [0.2, 0.25) is 0 Å². The summed E-state index contributed by atoms with van der Waals surface area (Å²) < 4.78 is 17.0. The second kappa shape index (κ2) is 10.9. The van der Waals surface area contributed by atoms with Gasteiger partial charge in [-0.1, -0.05) is 18.2 Å². The van der Waals surface area contributed by atoms with Crippen molar-refractivity contribution in [3.63, 3.8) is 0 Å². The fourth-order valence-electron chi connectivity index (χ4n) is 3.86. The van der Waals surface area contributed by atoms with Crippen molar-refractivity contribution in [2.75, 3.05) is 13.7 Å². The molecule has 0 saturated heterocycles. The molecule has 1 aliphatic carbocycles. The Kier molecular flexibility index (Phi) is 8.00. The predicted molar refractivity (Wildman–Crippen MR) is 118 cm³/mol. The molecule has 5 nitrogen and oxygen atoms in total. The van der Waals surface area contributed by atoms with E-state index < -0.39 is 0 Å². The third-order valence-corrected chi connectivity index (χ3v) is 5.51. The van der Waals surface area contributed by atoms with Gasteiger partial charge in [-0.15, -0.1) is 0 Å². The van der Waals surface area contributed by atoms with Crippen molar-refractivity contribution >= 4 is 5.91 Å². The van der Waals surface area contributed by atoms with Crippen molar-refractivity contribution in [3.8, 4) is 17.2 Å². The van der Waals surface area contributed by atoms with Gasteiger partial charge in [0.1, 0.15) is 5.75 Å². The highest BCUT2D eigenvalue weighted by Gasteiger charge is 2.17. The standard InChI is InChI=1S/C25H33NO4/c1-4-29-23-14-13-20(17-24(23)28-3)18(2)26-25(27)15-12-19-8-7-11-22(16-19)30-21-9-5-6-10-21/h7-8,11,13-14,16-18,21H,4-6,9-10,12,15H2,1-3H3,(H,26,27). The van der Waals surface area contributed by atoms with Crippen LogP contribution in [0.5, 0.6) is 17.2 Å². The van der Waals surface area contributed by atoms with Crippen LogP contribution in [0.1, 0.15) is 63.1 Å². The molecule has 0 aliphatic heterocycles. The van der Waals surface area contributed by atoms with Crippen LogP contribution < -0.4 is 19.5 Å². The minimum absolute atomic E-state index is 0.0254. The van der Waals surface area contributed by atoms with Crippen LogP contribution in [0.25, 0.3) is 0 Å². The number of rotatable bonds is 10. The molecule has 162 valence electrons. The summed E-state index contributed by atoms with van der Waals surface area (Å²) in [5.74, 6) is 2.32. The molecule has 0 aromatic heterocycles. The number of amides is 1. The maximum Gasteiger partial charge on any atom is 0.220 e. The zero-order chi connectivity index (χ0) is 21.3. The largest absolute Gasteiger partial charge is 0.493 e. The Hall–Kier alpha value is -2.69. The summed E-state index contributed by atoms with van der Waals surface area (Å²) in [4.78, 5) is 12.5. The highest BCUT2D eigenvalue weighted by atomic mass is 16.5. The molecule has 0 radical (unpaired) electrons. The first-order valence-electron chi connectivity index (χ1n) is 10.9. The number of carbonyl (C=O) groups is 1. The zero-order valence-electron chi connectivity index (χ0n) is 18.3. The van der Waals surface area contributed by atoms with E-state index in [9.17, 15) is 4.79 Å². The number of hydrogen-bond acceptors (Lipinski definition) is 4. The van der Waals surface area contributed by atoms with Crippen molar-refractivity contribution in [2.45, 2.75) is 64.5 Å². The monoisotopic (exact) mass is 411 g/mol. The van der Waals surface area contributed by atoms with Crippen LogP contribution in [-0.4, -0.2) is 25.7 Å². The van der Waals surface area contributed by atoms with Gasteiger partial charge in [0.2, 0.25) is 5.91 Å². The lowest BCUT2D eigenvalue weighted by Crippen LogP contribution is -2.26. The average Bonchev–Trinajstić information content (AvgIpc) is 3.26. The van der Waals surface area contributed by atoms with E-state index in [0.29, 0.717) is 37.1 Å². The summed E-state index contributed by atoms with van der Waals surface area (Å²) >= 11 is 0. The Morgan fingerprint density at radius 2 is 1.93 bits per heavy atom. The summed E-state index contributed by atoms with van der Waals surface area (Å²) in [6.45, 7) is 4.49. The zero-order valence-corrected chi connectivity index (χ0v) is 18.3. The fraction of sp³-hybridized carbons (Fsp3) is 0.480. The molecule has 1 aliphatic rings. The lowest BCUT2D eigenvalue weighted by atomic mass is 10.1. The van der Waals surface area contributed by atoms with Gasteiger partial charge in [-0.2, -0.15) is 0 Å². The topological polar surface area (TPSA) is 56.8 Å². The Morgan fingerprint density at radius 3 is 2.67 bits per heavy atom. The van der Waals surface area contributed by atoms with Crippen molar-refractivity contribution in [3.05, 3.63) is 53.6 Å². The van der Waals surface area contributed by atoms with Crippen LogP contribution in [0.15, 0.2) is 42.5 Å². The number of methoxy groups -OCH3 is 1. The molecule has 1 atom stereocenters. The second-order valence-electron chi connectivity index (χ2n) is 7.80. The van der Waals surface area contributed by atoms with Crippen LogP contribution in [0, 0.1) is 0 Å². The van der Waals surface area contributed by atoms with E-state index in [1.165, 1.54) is 12.8 Å². The summed E-state index contributed by atoms with van der Waals surface area (Å²) in [5.41, 5.74) is 2.10. The number of nitrogens with one attached hydrogen (secondary N) is 1. The van der Waals surface area contributed by atoms with Gasteiger partial charge < -0.3 is 19.5 Å². The van der Waals surface area contributed by atoms with Crippen LogP contribution in [-0.2, 0) is 11.2 Å². The lowest BCUT2D eigenvalue weighted by molar-refractivity contribution is -0.121. The normalized spacial score (nSPS) is 14.9. The molecule has 1 fully saturated rings. The minimum Gasteiger partial charge on any atom is -0.493 e. The predicted octanol–water partition coefficient (Wildman–Crippen LogP) is 5.23. The summed E-state index contributed by atoms with van der Waals surface area (Å²) in [6.07, 6.45) is 6.25. The first kappa shape index (κ1) is 22.0. The SMILES string of the molecule is CCOc1ccc(C(C)NC(=O)CCc2cccc(OC3CCCC3)c2)cc1OC. The number of aryl methyl sites for hydroxylation is 1. The van der Waals surface area contributed by atoms with Crippen LogP contribution in [0.3, 0.4) is 0 Å². The van der Waals surface area contributed by atoms with E-state index in [1.807, 2.05) is 44.2 Å². The van der Waals surface area contributed by atoms with Gasteiger partial charge in [0.05, 0.1) is 25.9 Å². The molecule has 2 aromatic rings. The van der Waals surface area contributed by atoms with Gasteiger partial charge >= 0.3 is 0 Å². The minimum atomic E-state index is -0.112. The summed E-state index contributed by atoms with van der Waals surface area (Å²) in [5, 5.41) is 3.08. The average molecular weight is 412 g/mol. The molecule has 0 bridgehead atoms. The number of benzene rings is 2. The molecule has 1 N–H and O–H groups in total. The second-order valence-corrected chi connectivity index (χ2v) is 7.80. The summed E-state index contributed by atoms with van der Waals surface area (Å²) in [7, 11) is 1.62. The maximum atomic E-state index is 12.5. The van der Waals surface area contributed by atoms with Crippen molar-refractivity contribution < 1.29 is 19.0 Å². The third kappa shape index (κ3) is 6.15. The molecule has 30 heavy (non-hydrogen) atoms. The van der Waals surface area contributed by atoms with Crippen molar-refractivity contribution in [1.82, 2.24) is 5.32 Å². The van der Waals surface area contributed by atoms with E-state index in [0.717, 1.165) is 29.7 Å². The summed E-state index contributed by atoms with van der Waals surface area (Å²) in [6, 6.07) is 13.8.